The predicted octanol–water partition coefficient (Wildman–Crippen LogP) is 2.37. The van der Waals surface area contributed by atoms with Crippen LogP contribution in [0.3, 0.4) is 0 Å². The van der Waals surface area contributed by atoms with Crippen LogP contribution in [-0.4, -0.2) is 49.2 Å². The molecule has 2 heterocycles. The van der Waals surface area contributed by atoms with Crippen molar-refractivity contribution in [3.8, 4) is 22.8 Å². The first-order valence-electron chi connectivity index (χ1n) is 9.70. The summed E-state index contributed by atoms with van der Waals surface area (Å²) in [5.41, 5.74) is 1.26. The number of sulfone groups is 1. The third-order valence-corrected chi connectivity index (χ3v) is 5.57. The highest BCUT2D eigenvalue weighted by Crippen LogP contribution is 2.28. The number of methoxy groups -OCH3 is 2. The van der Waals surface area contributed by atoms with Gasteiger partial charge in [0.2, 0.25) is 15.0 Å². The molecular weight excluding hydrogens is 434 g/mol. The predicted molar refractivity (Wildman–Crippen MR) is 118 cm³/mol. The smallest absolute Gasteiger partial charge is 0.250 e. The number of rotatable bonds is 8. The summed E-state index contributed by atoms with van der Waals surface area (Å²) in [6.45, 7) is 1.89. The van der Waals surface area contributed by atoms with Gasteiger partial charge in [-0.1, -0.05) is 13.0 Å². The van der Waals surface area contributed by atoms with Crippen LogP contribution in [0, 0.1) is 0 Å². The number of carbonyl (C=O) groups excluding carboxylic acids is 1. The van der Waals surface area contributed by atoms with E-state index in [4.69, 9.17) is 9.47 Å². The molecule has 0 amide bonds. The van der Waals surface area contributed by atoms with Crippen molar-refractivity contribution in [3.63, 3.8) is 0 Å². The Bertz CT molecular complexity index is 1330. The molecule has 9 nitrogen and oxygen atoms in total. The molecule has 10 heteroatoms. The number of aromatic nitrogens is 3. The Labute approximate surface area is 185 Å². The van der Waals surface area contributed by atoms with Crippen molar-refractivity contribution in [2.75, 3.05) is 20.5 Å². The molecule has 0 aliphatic carbocycles. The minimum Gasteiger partial charge on any atom is -0.493 e. The standard InChI is InChI=1S/C22H23N3O6S/c1-5-18(26)17-11-16(23-22(24-17)32(4,28)29)15-7-9-21(27)25(13-15)12-14-6-8-19(30-2)20(10-14)31-3/h6-11,13H,5,12H2,1-4H3. The number of pyridine rings is 1. The van der Waals surface area contributed by atoms with Crippen LogP contribution in [0.4, 0.5) is 0 Å². The van der Waals surface area contributed by atoms with Crippen molar-refractivity contribution in [1.29, 1.82) is 0 Å². The van der Waals surface area contributed by atoms with Gasteiger partial charge >= 0.3 is 0 Å². The van der Waals surface area contributed by atoms with Crippen molar-refractivity contribution >= 4 is 15.6 Å². The van der Waals surface area contributed by atoms with E-state index in [1.807, 2.05) is 6.07 Å². The van der Waals surface area contributed by atoms with Crippen LogP contribution < -0.4 is 15.0 Å². The molecule has 0 fully saturated rings. The summed E-state index contributed by atoms with van der Waals surface area (Å²) in [5.74, 6) is 0.794. The Hall–Kier alpha value is -3.53. The molecule has 0 saturated carbocycles. The third-order valence-electron chi connectivity index (χ3n) is 4.72. The Morgan fingerprint density at radius 2 is 1.75 bits per heavy atom. The molecule has 32 heavy (non-hydrogen) atoms. The Morgan fingerprint density at radius 1 is 1.03 bits per heavy atom. The molecule has 168 valence electrons. The van der Waals surface area contributed by atoms with E-state index in [9.17, 15) is 18.0 Å². The highest BCUT2D eigenvalue weighted by molar-refractivity contribution is 7.90. The molecule has 0 N–H and O–H groups in total. The number of nitrogens with zero attached hydrogens (tertiary/aromatic N) is 3. The molecule has 0 saturated heterocycles. The quantitative estimate of drug-likeness (QED) is 0.374. The maximum absolute atomic E-state index is 12.5. The lowest BCUT2D eigenvalue weighted by Crippen LogP contribution is -2.19. The summed E-state index contributed by atoms with van der Waals surface area (Å²) >= 11 is 0. The van der Waals surface area contributed by atoms with Gasteiger partial charge < -0.3 is 14.0 Å². The fourth-order valence-electron chi connectivity index (χ4n) is 3.04. The molecule has 0 aliphatic rings. The maximum atomic E-state index is 12.5. The molecule has 0 unspecified atom stereocenters. The van der Waals surface area contributed by atoms with Gasteiger partial charge in [-0.3, -0.25) is 9.59 Å². The highest BCUT2D eigenvalue weighted by atomic mass is 32.2. The van der Waals surface area contributed by atoms with Crippen LogP contribution in [0.1, 0.15) is 29.4 Å². The molecular formula is C22H23N3O6S. The molecule has 0 bridgehead atoms. The first kappa shape index (κ1) is 23.1. The van der Waals surface area contributed by atoms with Gasteiger partial charge in [-0.05, 0) is 29.8 Å². The lowest BCUT2D eigenvalue weighted by atomic mass is 10.1. The van der Waals surface area contributed by atoms with Crippen molar-refractivity contribution in [2.45, 2.75) is 25.0 Å². The highest BCUT2D eigenvalue weighted by Gasteiger charge is 2.18. The Balaban J connectivity index is 2.07. The van der Waals surface area contributed by atoms with Gasteiger partial charge in [0, 0.05) is 30.5 Å². The van der Waals surface area contributed by atoms with Gasteiger partial charge in [-0.25, -0.2) is 18.4 Å². The minimum absolute atomic E-state index is 0.00978. The van der Waals surface area contributed by atoms with Crippen molar-refractivity contribution < 1.29 is 22.7 Å². The fourth-order valence-corrected chi connectivity index (χ4v) is 3.57. The van der Waals surface area contributed by atoms with Crippen LogP contribution >= 0.6 is 0 Å². The zero-order valence-electron chi connectivity index (χ0n) is 18.2. The molecule has 0 atom stereocenters. The van der Waals surface area contributed by atoms with Crippen molar-refractivity contribution in [3.05, 3.63) is 64.2 Å². The zero-order chi connectivity index (χ0) is 23.5. The van der Waals surface area contributed by atoms with Gasteiger partial charge in [-0.2, -0.15) is 0 Å². The lowest BCUT2D eigenvalue weighted by Gasteiger charge is -2.12. The summed E-state index contributed by atoms with van der Waals surface area (Å²) in [6.07, 6.45) is 2.70. The molecule has 0 radical (unpaired) electrons. The van der Waals surface area contributed by atoms with Crippen LogP contribution in [0.2, 0.25) is 0 Å². The molecule has 1 aromatic carbocycles. The third kappa shape index (κ3) is 5.02. The number of benzene rings is 1. The van der Waals surface area contributed by atoms with Gasteiger partial charge in [0.1, 0.15) is 5.69 Å². The summed E-state index contributed by atoms with van der Waals surface area (Å²) < 4.78 is 36.1. The number of ether oxygens (including phenoxy) is 2. The monoisotopic (exact) mass is 457 g/mol. The number of Topliss-reactive ketones (excluding diaryl/α,β-unsaturated/α-hetero) is 1. The van der Waals surface area contributed by atoms with Crippen LogP contribution in [0.15, 0.2) is 52.5 Å². The van der Waals surface area contributed by atoms with Crippen molar-refractivity contribution in [1.82, 2.24) is 14.5 Å². The largest absolute Gasteiger partial charge is 0.493 e. The summed E-state index contributed by atoms with van der Waals surface area (Å²) in [4.78, 5) is 32.7. The van der Waals surface area contributed by atoms with Crippen LogP contribution in [0.25, 0.3) is 11.3 Å². The molecule has 3 rings (SSSR count). The van der Waals surface area contributed by atoms with Crippen LogP contribution in [-0.2, 0) is 16.4 Å². The second kappa shape index (κ2) is 9.31. The van der Waals surface area contributed by atoms with E-state index in [0.29, 0.717) is 17.1 Å². The van der Waals surface area contributed by atoms with Crippen molar-refractivity contribution in [2.24, 2.45) is 0 Å². The Morgan fingerprint density at radius 3 is 2.38 bits per heavy atom. The van der Waals surface area contributed by atoms with E-state index in [1.54, 1.807) is 25.3 Å². The number of ketones is 1. The average molecular weight is 458 g/mol. The van der Waals surface area contributed by atoms with Crippen LogP contribution in [0.5, 0.6) is 11.5 Å². The number of hydrogen-bond donors (Lipinski definition) is 0. The first-order chi connectivity index (χ1) is 15.2. The second-order valence-corrected chi connectivity index (χ2v) is 8.95. The molecule has 0 aliphatic heterocycles. The summed E-state index contributed by atoms with van der Waals surface area (Å²) in [7, 11) is -0.684. The average Bonchev–Trinajstić information content (AvgIpc) is 2.78. The number of carbonyl (C=O) groups is 1. The van der Waals surface area contributed by atoms with Gasteiger partial charge in [0.05, 0.1) is 26.5 Å². The molecule has 0 spiro atoms. The van der Waals surface area contributed by atoms with E-state index in [-0.39, 0.29) is 35.7 Å². The Kier molecular flexibility index (Phi) is 6.73. The number of hydrogen-bond acceptors (Lipinski definition) is 8. The topological polar surface area (TPSA) is 117 Å². The zero-order valence-corrected chi connectivity index (χ0v) is 19.0. The first-order valence-corrected chi connectivity index (χ1v) is 11.6. The van der Waals surface area contributed by atoms with Gasteiger partial charge in [0.25, 0.3) is 5.56 Å². The normalized spacial score (nSPS) is 11.2. The van der Waals surface area contributed by atoms with Gasteiger partial charge in [-0.15, -0.1) is 0 Å². The summed E-state index contributed by atoms with van der Waals surface area (Å²) in [6, 6.07) is 9.64. The lowest BCUT2D eigenvalue weighted by molar-refractivity contribution is 0.0982. The van der Waals surface area contributed by atoms with E-state index < -0.39 is 15.0 Å². The fraction of sp³-hybridized carbons (Fsp3) is 0.273. The van der Waals surface area contributed by atoms with Gasteiger partial charge in [0.15, 0.2) is 17.3 Å². The minimum atomic E-state index is -3.75. The molecule has 2 aromatic heterocycles. The van der Waals surface area contributed by atoms with E-state index >= 15 is 0 Å². The maximum Gasteiger partial charge on any atom is 0.250 e. The molecule has 3 aromatic rings. The SMILES string of the molecule is CCC(=O)c1cc(-c2ccc(=O)n(Cc3ccc(OC)c(OC)c3)c2)nc(S(C)(=O)=O)n1. The van der Waals surface area contributed by atoms with E-state index in [1.165, 1.54) is 37.0 Å². The second-order valence-electron chi connectivity index (χ2n) is 7.04. The van der Waals surface area contributed by atoms with E-state index in [2.05, 4.69) is 9.97 Å². The summed E-state index contributed by atoms with van der Waals surface area (Å²) in [5, 5.41) is -0.440. The van der Waals surface area contributed by atoms with E-state index in [0.717, 1.165) is 11.8 Å².